The van der Waals surface area contributed by atoms with Crippen LogP contribution in [0.1, 0.15) is 39.0 Å². The Balaban J connectivity index is 1.98. The molecule has 9 heavy (non-hydrogen) atoms. The van der Waals surface area contributed by atoms with Crippen molar-refractivity contribution in [2.75, 3.05) is 0 Å². The van der Waals surface area contributed by atoms with Gasteiger partial charge in [0.15, 0.2) is 0 Å². The van der Waals surface area contributed by atoms with Crippen LogP contribution < -0.4 is 0 Å². The molecule has 0 aromatic carbocycles. The van der Waals surface area contributed by atoms with Gasteiger partial charge in [0.2, 0.25) is 0 Å². The molecule has 0 radical (unpaired) electrons. The molecule has 3 atom stereocenters. The summed E-state index contributed by atoms with van der Waals surface area (Å²) in [6.07, 6.45) is 7.68. The SMILES string of the molecule is C[C@H]1CCC[C@@H]2CC[C@H]21. The zero-order valence-electron chi connectivity index (χ0n) is 6.27. The summed E-state index contributed by atoms with van der Waals surface area (Å²) in [4.78, 5) is 0. The Kier molecular flexibility index (Phi) is 1.28. The molecule has 2 aliphatic rings. The van der Waals surface area contributed by atoms with E-state index in [-0.39, 0.29) is 0 Å². The van der Waals surface area contributed by atoms with Gasteiger partial charge in [-0.25, -0.2) is 0 Å². The minimum atomic E-state index is 1.07. The molecule has 0 amide bonds. The van der Waals surface area contributed by atoms with Crippen molar-refractivity contribution >= 4 is 0 Å². The molecule has 0 bridgehead atoms. The van der Waals surface area contributed by atoms with E-state index in [2.05, 4.69) is 6.92 Å². The van der Waals surface area contributed by atoms with E-state index in [0.717, 1.165) is 17.8 Å². The zero-order valence-corrected chi connectivity index (χ0v) is 6.27. The molecule has 0 aromatic rings. The fraction of sp³-hybridized carbons (Fsp3) is 1.00. The average Bonchev–Trinajstić information content (AvgIpc) is 1.74. The van der Waals surface area contributed by atoms with Crippen molar-refractivity contribution in [1.82, 2.24) is 0 Å². The summed E-state index contributed by atoms with van der Waals surface area (Å²) in [6.45, 7) is 2.44. The molecule has 2 fully saturated rings. The van der Waals surface area contributed by atoms with E-state index in [1.807, 2.05) is 0 Å². The fourth-order valence-electron chi connectivity index (χ4n) is 2.62. The van der Waals surface area contributed by atoms with Crippen LogP contribution in [0, 0.1) is 17.8 Å². The van der Waals surface area contributed by atoms with Crippen molar-refractivity contribution in [3.8, 4) is 0 Å². The highest BCUT2D eigenvalue weighted by atomic mass is 14.4. The Morgan fingerprint density at radius 1 is 1.00 bits per heavy atom. The van der Waals surface area contributed by atoms with Crippen LogP contribution in [-0.4, -0.2) is 0 Å². The quantitative estimate of drug-likeness (QED) is 0.466. The van der Waals surface area contributed by atoms with E-state index >= 15 is 0 Å². The normalized spacial score (nSPS) is 49.7. The molecule has 0 aromatic heterocycles. The van der Waals surface area contributed by atoms with E-state index in [1.54, 1.807) is 19.3 Å². The average molecular weight is 124 g/mol. The highest BCUT2D eigenvalue weighted by Gasteiger charge is 2.36. The smallest absolute Gasteiger partial charge is 0.0360 e. The summed E-state index contributed by atoms with van der Waals surface area (Å²) in [5.41, 5.74) is 0. The van der Waals surface area contributed by atoms with Crippen molar-refractivity contribution < 1.29 is 0 Å². The van der Waals surface area contributed by atoms with Crippen LogP contribution in [-0.2, 0) is 0 Å². The highest BCUT2D eigenvalue weighted by Crippen LogP contribution is 2.47. The monoisotopic (exact) mass is 124 g/mol. The molecule has 2 aliphatic carbocycles. The van der Waals surface area contributed by atoms with Gasteiger partial charge in [0, 0.05) is 0 Å². The Morgan fingerprint density at radius 3 is 2.33 bits per heavy atom. The van der Waals surface area contributed by atoms with E-state index in [4.69, 9.17) is 0 Å². The van der Waals surface area contributed by atoms with E-state index in [9.17, 15) is 0 Å². The molecule has 2 rings (SSSR count). The molecule has 0 saturated heterocycles. The lowest BCUT2D eigenvalue weighted by molar-refractivity contribution is 0.0622. The predicted octanol–water partition coefficient (Wildman–Crippen LogP) is 2.83. The lowest BCUT2D eigenvalue weighted by Gasteiger charge is -2.44. The second-order valence-corrected chi connectivity index (χ2v) is 3.91. The summed E-state index contributed by atoms with van der Waals surface area (Å²) < 4.78 is 0. The first-order valence-corrected chi connectivity index (χ1v) is 4.38. The largest absolute Gasteiger partial charge is 0.0622 e. The third kappa shape index (κ3) is 0.798. The molecule has 0 heterocycles. The second kappa shape index (κ2) is 2.00. The Hall–Kier alpha value is 0. The third-order valence-corrected chi connectivity index (χ3v) is 3.44. The van der Waals surface area contributed by atoms with Gasteiger partial charge in [-0.1, -0.05) is 26.2 Å². The predicted molar refractivity (Wildman–Crippen MR) is 39.2 cm³/mol. The van der Waals surface area contributed by atoms with Crippen LogP contribution in [0.15, 0.2) is 0 Å². The van der Waals surface area contributed by atoms with Gasteiger partial charge in [-0.2, -0.15) is 0 Å². The van der Waals surface area contributed by atoms with Crippen LogP contribution >= 0.6 is 0 Å². The number of hydrogen-bond acceptors (Lipinski definition) is 0. The maximum absolute atomic E-state index is 2.44. The first kappa shape index (κ1) is 5.76. The van der Waals surface area contributed by atoms with Gasteiger partial charge in [0.05, 0.1) is 0 Å². The lowest BCUT2D eigenvalue weighted by atomic mass is 9.61. The molecule has 0 unspecified atom stereocenters. The van der Waals surface area contributed by atoms with Gasteiger partial charge in [-0.15, -0.1) is 0 Å². The maximum Gasteiger partial charge on any atom is -0.0360 e. The van der Waals surface area contributed by atoms with Crippen molar-refractivity contribution in [3.63, 3.8) is 0 Å². The van der Waals surface area contributed by atoms with E-state index in [0.29, 0.717) is 0 Å². The molecule has 52 valence electrons. The topological polar surface area (TPSA) is 0 Å². The summed E-state index contributed by atoms with van der Waals surface area (Å²) in [6, 6.07) is 0. The number of hydrogen-bond donors (Lipinski definition) is 0. The van der Waals surface area contributed by atoms with Crippen molar-refractivity contribution in [3.05, 3.63) is 0 Å². The Labute approximate surface area is 57.6 Å². The summed E-state index contributed by atoms with van der Waals surface area (Å²) in [7, 11) is 0. The lowest BCUT2D eigenvalue weighted by Crippen LogP contribution is -2.34. The van der Waals surface area contributed by atoms with Crippen LogP contribution in [0.3, 0.4) is 0 Å². The molecule has 0 heteroatoms. The molecule has 0 spiro atoms. The highest BCUT2D eigenvalue weighted by molar-refractivity contribution is 4.87. The van der Waals surface area contributed by atoms with Crippen LogP contribution in [0.5, 0.6) is 0 Å². The summed E-state index contributed by atoms with van der Waals surface area (Å²) in [5, 5.41) is 0. The minimum absolute atomic E-state index is 1.07. The van der Waals surface area contributed by atoms with Gasteiger partial charge in [-0.05, 0) is 30.6 Å². The van der Waals surface area contributed by atoms with Gasteiger partial charge in [-0.3, -0.25) is 0 Å². The number of rotatable bonds is 0. The van der Waals surface area contributed by atoms with Crippen molar-refractivity contribution in [2.24, 2.45) is 17.8 Å². The summed E-state index contributed by atoms with van der Waals surface area (Å²) in [5.74, 6) is 3.38. The van der Waals surface area contributed by atoms with Gasteiger partial charge in [0.25, 0.3) is 0 Å². The molecule has 0 N–H and O–H groups in total. The van der Waals surface area contributed by atoms with Crippen LogP contribution in [0.2, 0.25) is 0 Å². The molecule has 2 saturated carbocycles. The first-order valence-electron chi connectivity index (χ1n) is 4.38. The van der Waals surface area contributed by atoms with Gasteiger partial charge < -0.3 is 0 Å². The molecule has 0 nitrogen and oxygen atoms in total. The minimum Gasteiger partial charge on any atom is -0.0622 e. The first-order chi connectivity index (χ1) is 4.38. The molecular formula is C9H16. The van der Waals surface area contributed by atoms with Crippen LogP contribution in [0.25, 0.3) is 0 Å². The van der Waals surface area contributed by atoms with Crippen molar-refractivity contribution in [1.29, 1.82) is 0 Å². The maximum atomic E-state index is 2.44. The zero-order chi connectivity index (χ0) is 6.27. The van der Waals surface area contributed by atoms with Crippen molar-refractivity contribution in [2.45, 2.75) is 39.0 Å². The van der Waals surface area contributed by atoms with E-state index in [1.165, 1.54) is 12.8 Å². The third-order valence-electron chi connectivity index (χ3n) is 3.44. The standard InChI is InChI=1S/C9H16/c1-7-3-2-4-8-5-6-9(7)8/h7-9H,2-6H2,1H3/t7-,8+,9-/m0/s1. The molecular weight excluding hydrogens is 108 g/mol. The van der Waals surface area contributed by atoms with Gasteiger partial charge in [0.1, 0.15) is 0 Å². The van der Waals surface area contributed by atoms with E-state index < -0.39 is 0 Å². The van der Waals surface area contributed by atoms with Crippen LogP contribution in [0.4, 0.5) is 0 Å². The van der Waals surface area contributed by atoms with Gasteiger partial charge >= 0.3 is 0 Å². The number of fused-ring (bicyclic) bond motifs is 1. The Morgan fingerprint density at radius 2 is 1.89 bits per heavy atom. The second-order valence-electron chi connectivity index (χ2n) is 3.91. The Bertz CT molecular complexity index is 101. The fourth-order valence-corrected chi connectivity index (χ4v) is 2.62. The molecule has 0 aliphatic heterocycles. The summed E-state index contributed by atoms with van der Waals surface area (Å²) >= 11 is 0.